The van der Waals surface area contributed by atoms with Crippen molar-refractivity contribution in [2.75, 3.05) is 5.88 Å². The molecule has 20 heavy (non-hydrogen) atoms. The third-order valence-electron chi connectivity index (χ3n) is 3.46. The number of hydrogen-bond acceptors (Lipinski definition) is 2. The van der Waals surface area contributed by atoms with Crippen molar-refractivity contribution in [3.63, 3.8) is 0 Å². The van der Waals surface area contributed by atoms with Gasteiger partial charge in [0.05, 0.1) is 10.0 Å². The monoisotopic (exact) mass is 359 g/mol. The van der Waals surface area contributed by atoms with Crippen LogP contribution in [0.4, 0.5) is 4.39 Å². The van der Waals surface area contributed by atoms with Gasteiger partial charge in [-0.1, -0.05) is 36.0 Å². The van der Waals surface area contributed by atoms with E-state index in [2.05, 4.69) is 4.72 Å². The van der Waals surface area contributed by atoms with Crippen LogP contribution in [0, 0.1) is 5.82 Å². The molecule has 1 aromatic carbocycles. The smallest absolute Gasteiger partial charge is 0.207 e. The SMILES string of the molecule is O=S(=O)(NC1(CCl)CCCC1)c1ccc(Cl)c(F)c1Cl. The van der Waals surface area contributed by atoms with Crippen molar-refractivity contribution in [1.82, 2.24) is 4.72 Å². The number of nitrogens with one attached hydrogen (secondary N) is 1. The molecule has 2 rings (SSSR count). The van der Waals surface area contributed by atoms with E-state index in [0.29, 0.717) is 12.8 Å². The van der Waals surface area contributed by atoms with E-state index in [9.17, 15) is 12.8 Å². The Hall–Kier alpha value is -0.0700. The number of alkyl halides is 1. The lowest BCUT2D eigenvalue weighted by molar-refractivity contribution is 0.432. The van der Waals surface area contributed by atoms with Crippen LogP contribution in [0.25, 0.3) is 0 Å². The second-order valence-corrected chi connectivity index (χ2v) is 7.60. The summed E-state index contributed by atoms with van der Waals surface area (Å²) in [4.78, 5) is -0.322. The minimum atomic E-state index is -3.95. The van der Waals surface area contributed by atoms with Crippen LogP contribution in [0.15, 0.2) is 17.0 Å². The van der Waals surface area contributed by atoms with Crippen molar-refractivity contribution in [1.29, 1.82) is 0 Å². The van der Waals surface area contributed by atoms with Crippen LogP contribution < -0.4 is 4.72 Å². The van der Waals surface area contributed by atoms with Crippen molar-refractivity contribution in [3.8, 4) is 0 Å². The molecular formula is C12H13Cl3FNO2S. The Morgan fingerprint density at radius 2 is 1.85 bits per heavy atom. The highest BCUT2D eigenvalue weighted by molar-refractivity contribution is 7.89. The predicted octanol–water partition coefficient (Wildman–Crippen LogP) is 3.96. The Morgan fingerprint density at radius 3 is 2.40 bits per heavy atom. The zero-order chi connectivity index (χ0) is 15.0. The summed E-state index contributed by atoms with van der Waals surface area (Å²) in [6.45, 7) is 0. The standard InChI is InChI=1S/C12H13Cl3FNO2S/c13-7-12(5-1-2-6-12)17-20(18,19)9-4-3-8(14)11(16)10(9)15/h3-4,17H,1-2,5-7H2. The minimum absolute atomic E-state index is 0.167. The molecule has 0 heterocycles. The summed E-state index contributed by atoms with van der Waals surface area (Å²) >= 11 is 17.2. The highest BCUT2D eigenvalue weighted by Gasteiger charge is 2.38. The average Bonchev–Trinajstić information content (AvgIpc) is 2.84. The Balaban J connectivity index is 2.38. The summed E-state index contributed by atoms with van der Waals surface area (Å²) in [6.07, 6.45) is 3.11. The van der Waals surface area contributed by atoms with E-state index in [1.807, 2.05) is 0 Å². The van der Waals surface area contributed by atoms with E-state index in [-0.39, 0.29) is 15.8 Å². The lowest BCUT2D eigenvalue weighted by atomic mass is 10.0. The van der Waals surface area contributed by atoms with Gasteiger partial charge in [-0.25, -0.2) is 17.5 Å². The molecule has 112 valence electrons. The minimum Gasteiger partial charge on any atom is -0.207 e. The predicted molar refractivity (Wildman–Crippen MR) is 78.7 cm³/mol. The number of halogens is 4. The third-order valence-corrected chi connectivity index (χ3v) is 6.36. The fourth-order valence-corrected chi connectivity index (χ4v) is 4.99. The van der Waals surface area contributed by atoms with Gasteiger partial charge < -0.3 is 0 Å². The first-order valence-electron chi connectivity index (χ1n) is 6.05. The van der Waals surface area contributed by atoms with Crippen molar-refractivity contribution < 1.29 is 12.8 Å². The Labute approximate surface area is 132 Å². The summed E-state index contributed by atoms with van der Waals surface area (Å²) in [7, 11) is -3.95. The summed E-state index contributed by atoms with van der Waals surface area (Å²) in [5.41, 5.74) is -0.681. The van der Waals surface area contributed by atoms with Gasteiger partial charge in [-0.05, 0) is 25.0 Å². The van der Waals surface area contributed by atoms with Gasteiger partial charge in [0, 0.05) is 11.4 Å². The fraction of sp³-hybridized carbons (Fsp3) is 0.500. The number of benzene rings is 1. The number of rotatable bonds is 4. The maximum Gasteiger partial charge on any atom is 0.242 e. The van der Waals surface area contributed by atoms with Crippen molar-refractivity contribution in [2.24, 2.45) is 0 Å². The van der Waals surface area contributed by atoms with Crippen LogP contribution in [0.5, 0.6) is 0 Å². The third kappa shape index (κ3) is 3.07. The lowest BCUT2D eigenvalue weighted by Crippen LogP contribution is -2.47. The molecule has 0 spiro atoms. The number of sulfonamides is 1. The van der Waals surface area contributed by atoms with E-state index < -0.39 is 26.4 Å². The highest BCUT2D eigenvalue weighted by Crippen LogP contribution is 2.34. The number of hydrogen-bond donors (Lipinski definition) is 1. The zero-order valence-corrected chi connectivity index (χ0v) is 13.5. The highest BCUT2D eigenvalue weighted by atomic mass is 35.5. The van der Waals surface area contributed by atoms with Gasteiger partial charge in [-0.3, -0.25) is 0 Å². The molecule has 0 radical (unpaired) electrons. The molecule has 1 aromatic rings. The summed E-state index contributed by atoms with van der Waals surface area (Å²) < 4.78 is 40.9. The molecule has 1 N–H and O–H groups in total. The summed E-state index contributed by atoms with van der Waals surface area (Å²) in [6, 6.07) is 2.35. The quantitative estimate of drug-likeness (QED) is 0.652. The van der Waals surface area contributed by atoms with Crippen molar-refractivity contribution in [2.45, 2.75) is 36.1 Å². The second-order valence-electron chi connectivity index (χ2n) is 4.90. The molecule has 3 nitrogen and oxygen atoms in total. The van der Waals surface area contributed by atoms with E-state index >= 15 is 0 Å². The molecule has 0 bridgehead atoms. The van der Waals surface area contributed by atoms with Crippen molar-refractivity contribution >= 4 is 44.8 Å². The van der Waals surface area contributed by atoms with Crippen LogP contribution >= 0.6 is 34.8 Å². The van der Waals surface area contributed by atoms with Crippen LogP contribution in [-0.2, 0) is 10.0 Å². The van der Waals surface area contributed by atoms with Gasteiger partial charge in [-0.2, -0.15) is 0 Å². The van der Waals surface area contributed by atoms with Crippen LogP contribution in [0.1, 0.15) is 25.7 Å². The molecule has 0 unspecified atom stereocenters. The van der Waals surface area contributed by atoms with Crippen molar-refractivity contribution in [3.05, 3.63) is 28.0 Å². The maximum absolute atomic E-state index is 13.6. The zero-order valence-electron chi connectivity index (χ0n) is 10.4. The first-order valence-corrected chi connectivity index (χ1v) is 8.82. The molecule has 0 saturated heterocycles. The molecule has 1 saturated carbocycles. The first kappa shape index (κ1) is 16.3. The molecule has 0 aromatic heterocycles. The Kier molecular flexibility index (Phi) is 4.87. The van der Waals surface area contributed by atoms with Crippen LogP contribution in [0.2, 0.25) is 10.0 Å². The van der Waals surface area contributed by atoms with E-state index in [4.69, 9.17) is 34.8 Å². The molecule has 8 heteroatoms. The Morgan fingerprint density at radius 1 is 1.25 bits per heavy atom. The van der Waals surface area contributed by atoms with Gasteiger partial charge in [0.1, 0.15) is 4.90 Å². The van der Waals surface area contributed by atoms with Gasteiger partial charge in [0.15, 0.2) is 5.82 Å². The Bertz CT molecular complexity index is 615. The summed E-state index contributed by atoms with van der Waals surface area (Å²) in [5, 5.41) is -0.727. The van der Waals surface area contributed by atoms with Crippen LogP contribution in [0.3, 0.4) is 0 Å². The molecule has 1 fully saturated rings. The van der Waals surface area contributed by atoms with Gasteiger partial charge in [0.25, 0.3) is 0 Å². The average molecular weight is 361 g/mol. The molecule has 1 aliphatic rings. The fourth-order valence-electron chi connectivity index (χ4n) is 2.37. The lowest BCUT2D eigenvalue weighted by Gasteiger charge is -2.27. The summed E-state index contributed by atoms with van der Waals surface area (Å²) in [5.74, 6) is -0.775. The maximum atomic E-state index is 13.6. The normalized spacial score (nSPS) is 18.4. The van der Waals surface area contributed by atoms with Gasteiger partial charge >= 0.3 is 0 Å². The second kappa shape index (κ2) is 5.97. The van der Waals surface area contributed by atoms with E-state index in [1.54, 1.807) is 0 Å². The topological polar surface area (TPSA) is 46.2 Å². The van der Waals surface area contributed by atoms with E-state index in [0.717, 1.165) is 12.8 Å². The van der Waals surface area contributed by atoms with Gasteiger partial charge in [-0.15, -0.1) is 11.6 Å². The molecule has 0 amide bonds. The molecule has 0 aliphatic heterocycles. The molecule has 1 aliphatic carbocycles. The van der Waals surface area contributed by atoms with Gasteiger partial charge in [0.2, 0.25) is 10.0 Å². The van der Waals surface area contributed by atoms with Crippen LogP contribution in [-0.4, -0.2) is 19.8 Å². The first-order chi connectivity index (χ1) is 9.31. The van der Waals surface area contributed by atoms with E-state index in [1.165, 1.54) is 12.1 Å². The largest absolute Gasteiger partial charge is 0.242 e. The molecule has 0 atom stereocenters. The molecular weight excluding hydrogens is 348 g/mol.